The predicted octanol–water partition coefficient (Wildman–Crippen LogP) is -1.12. The second kappa shape index (κ2) is 1.91. The molecule has 8 heteroatoms. The first-order chi connectivity index (χ1) is 5.58. The molecule has 0 saturated carbocycles. The first kappa shape index (κ1) is 6.98. The van der Waals surface area contributed by atoms with Gasteiger partial charge in [0, 0.05) is 0 Å². The largest absolute Gasteiger partial charge is 0.339 e. The Morgan fingerprint density at radius 3 is 3.08 bits per heavy atom. The Balaban J connectivity index is 2.49. The van der Waals surface area contributed by atoms with Crippen molar-refractivity contribution in [3.8, 4) is 0 Å². The summed E-state index contributed by atoms with van der Waals surface area (Å²) in [5.41, 5.74) is 4.76. The molecule has 0 spiro atoms. The lowest BCUT2D eigenvalue weighted by Gasteiger charge is -2.20. The molecule has 0 aromatic carbocycles. The zero-order valence-electron chi connectivity index (χ0n) is 5.65. The number of alkyl halides is 1. The Kier molecular flexibility index (Phi) is 1.11. The van der Waals surface area contributed by atoms with Crippen LogP contribution in [0.2, 0.25) is 0 Å². The number of nitrogens with zero attached hydrogens (tertiary/aromatic N) is 4. The van der Waals surface area contributed by atoms with E-state index in [2.05, 4.69) is 20.4 Å². The Hall–Kier alpha value is -1.70. The molecule has 2 heterocycles. The predicted molar refractivity (Wildman–Crippen MR) is 35.9 cm³/mol. The number of aliphatic imine (C=N–C) groups is 1. The van der Waals surface area contributed by atoms with Crippen molar-refractivity contribution < 1.29 is 9.18 Å². The summed E-state index contributed by atoms with van der Waals surface area (Å²) in [5.74, 6) is -0.946. The molecule has 0 aromatic heterocycles. The summed E-state index contributed by atoms with van der Waals surface area (Å²) in [6, 6.07) is -2.60. The Morgan fingerprint density at radius 1 is 1.58 bits per heavy atom. The Bertz CT molecular complexity index is 341. The van der Waals surface area contributed by atoms with Crippen molar-refractivity contribution in [1.82, 2.24) is 5.32 Å². The molecule has 1 amide bonds. The van der Waals surface area contributed by atoms with E-state index in [1.54, 1.807) is 5.32 Å². The first-order valence-electron chi connectivity index (χ1n) is 2.98. The first-order valence-corrected chi connectivity index (χ1v) is 2.98. The van der Waals surface area contributed by atoms with E-state index in [1.807, 2.05) is 0 Å². The van der Waals surface area contributed by atoms with Gasteiger partial charge < -0.3 is 0 Å². The van der Waals surface area contributed by atoms with Crippen LogP contribution in [0.15, 0.2) is 20.4 Å². The van der Waals surface area contributed by atoms with Gasteiger partial charge in [-0.1, -0.05) is 0 Å². The highest BCUT2D eigenvalue weighted by molar-refractivity contribution is 6.67. The number of carbonyl (C=O) groups excluding carboxylic acids is 1. The van der Waals surface area contributed by atoms with E-state index in [0.717, 1.165) is 0 Å². The average molecular weight is 170 g/mol. The molecule has 12 heavy (non-hydrogen) atoms. The number of amidine groups is 1. The summed E-state index contributed by atoms with van der Waals surface area (Å²) in [4.78, 5) is 14.2. The van der Waals surface area contributed by atoms with Crippen LogP contribution in [0.5, 0.6) is 0 Å². The highest BCUT2D eigenvalue weighted by Crippen LogP contribution is 2.11. The average Bonchev–Trinajstić information content (AvgIpc) is 2.31. The molecular formula is C4H3FN6O. The molecule has 2 aliphatic heterocycles. The topological polar surface area (TPSA) is 105 Å². The van der Waals surface area contributed by atoms with Gasteiger partial charge in [-0.05, 0) is 5.22 Å². The normalized spacial score (nSPS) is 32.3. The zero-order chi connectivity index (χ0) is 8.77. The number of nitrogens with two attached hydrogens (primary N) is 1. The summed E-state index contributed by atoms with van der Waals surface area (Å²) >= 11 is 0. The molecule has 1 unspecified atom stereocenters. The van der Waals surface area contributed by atoms with Crippen LogP contribution in [0.4, 0.5) is 4.39 Å². The second-order valence-electron chi connectivity index (χ2n) is 2.20. The van der Waals surface area contributed by atoms with Gasteiger partial charge in [0.15, 0.2) is 5.71 Å². The number of nitrogens with one attached hydrogen (secondary N) is 1. The molecule has 1 atom stereocenters. The van der Waals surface area contributed by atoms with Gasteiger partial charge in [-0.25, -0.2) is 0 Å². The molecule has 0 aromatic rings. The van der Waals surface area contributed by atoms with Gasteiger partial charge in [-0.2, -0.15) is 9.38 Å². The van der Waals surface area contributed by atoms with Crippen LogP contribution >= 0.6 is 0 Å². The standard InChI is InChI=1S/C4H3FN6O/c5-4(6)7-2-1(3(12)8-4)9-11-10-2/h6H2,(H,8,12). The van der Waals surface area contributed by atoms with E-state index in [-0.39, 0.29) is 11.5 Å². The van der Waals surface area contributed by atoms with Gasteiger partial charge in [0.2, 0.25) is 5.84 Å². The number of rotatable bonds is 0. The molecule has 62 valence electrons. The number of halogens is 1. The lowest BCUT2D eigenvalue weighted by Crippen LogP contribution is -2.57. The van der Waals surface area contributed by atoms with E-state index < -0.39 is 11.9 Å². The third-order valence-electron chi connectivity index (χ3n) is 1.27. The van der Waals surface area contributed by atoms with Gasteiger partial charge in [-0.15, -0.1) is 10.2 Å². The number of hydrogen-bond acceptors (Lipinski definition) is 6. The molecule has 0 radical (unpaired) electrons. The number of carbonyl (C=O) groups is 1. The Morgan fingerprint density at radius 2 is 2.33 bits per heavy atom. The monoisotopic (exact) mass is 170 g/mol. The quantitative estimate of drug-likeness (QED) is 0.449. The second-order valence-corrected chi connectivity index (χ2v) is 2.20. The minimum Gasteiger partial charge on any atom is -0.286 e. The van der Waals surface area contributed by atoms with Gasteiger partial charge in [0.05, 0.1) is 0 Å². The molecule has 3 N–H and O–H groups in total. The summed E-state index contributed by atoms with van der Waals surface area (Å²) in [5, 5.41) is 11.5. The fraction of sp³-hybridized carbons (Fsp3) is 0.250. The molecule has 0 fully saturated rings. The van der Waals surface area contributed by atoms with Crippen LogP contribution in [-0.2, 0) is 4.79 Å². The lowest BCUT2D eigenvalue weighted by atomic mass is 10.3. The minimum absolute atomic E-state index is 0.117. The van der Waals surface area contributed by atoms with Gasteiger partial charge in [0.25, 0.3) is 5.91 Å². The van der Waals surface area contributed by atoms with Crippen LogP contribution in [0.3, 0.4) is 0 Å². The third kappa shape index (κ3) is 0.889. The highest BCUT2D eigenvalue weighted by atomic mass is 19.2. The van der Waals surface area contributed by atoms with Crippen molar-refractivity contribution in [1.29, 1.82) is 0 Å². The zero-order valence-corrected chi connectivity index (χ0v) is 5.65. The molecule has 0 aliphatic carbocycles. The van der Waals surface area contributed by atoms with Gasteiger partial charge >= 0.3 is 6.04 Å². The molecule has 7 nitrogen and oxygen atoms in total. The maximum absolute atomic E-state index is 12.9. The van der Waals surface area contributed by atoms with Gasteiger partial charge in [0.1, 0.15) is 0 Å². The van der Waals surface area contributed by atoms with Crippen molar-refractivity contribution in [2.24, 2.45) is 26.2 Å². The van der Waals surface area contributed by atoms with E-state index in [1.165, 1.54) is 0 Å². The van der Waals surface area contributed by atoms with Crippen molar-refractivity contribution in [3.05, 3.63) is 0 Å². The van der Waals surface area contributed by atoms with E-state index in [0.29, 0.717) is 0 Å². The number of amides is 1. The summed E-state index contributed by atoms with van der Waals surface area (Å²) in [7, 11) is 0. The number of fused-ring (bicyclic) bond motifs is 1. The van der Waals surface area contributed by atoms with Crippen LogP contribution in [0.25, 0.3) is 0 Å². The Labute approximate surface area is 65.2 Å². The molecule has 2 aliphatic rings. The fourth-order valence-electron chi connectivity index (χ4n) is 0.824. The van der Waals surface area contributed by atoms with E-state index >= 15 is 0 Å². The fourth-order valence-corrected chi connectivity index (χ4v) is 0.824. The van der Waals surface area contributed by atoms with Crippen LogP contribution in [-0.4, -0.2) is 23.5 Å². The van der Waals surface area contributed by atoms with Crippen molar-refractivity contribution in [2.45, 2.75) is 6.04 Å². The van der Waals surface area contributed by atoms with E-state index in [4.69, 9.17) is 5.73 Å². The van der Waals surface area contributed by atoms with Crippen LogP contribution in [0.1, 0.15) is 0 Å². The van der Waals surface area contributed by atoms with Crippen molar-refractivity contribution in [3.63, 3.8) is 0 Å². The molecule has 0 bridgehead atoms. The summed E-state index contributed by atoms with van der Waals surface area (Å²) in [6.45, 7) is 0. The highest BCUT2D eigenvalue weighted by Gasteiger charge is 2.38. The van der Waals surface area contributed by atoms with Gasteiger partial charge in [-0.3, -0.25) is 15.8 Å². The SMILES string of the molecule is NC1(F)N=C2N=NN=C2C(=O)N1. The van der Waals surface area contributed by atoms with Crippen molar-refractivity contribution in [2.75, 3.05) is 0 Å². The molecule has 0 saturated heterocycles. The van der Waals surface area contributed by atoms with Crippen molar-refractivity contribution >= 4 is 17.5 Å². The minimum atomic E-state index is -2.60. The molecular weight excluding hydrogens is 167 g/mol. The smallest absolute Gasteiger partial charge is 0.286 e. The van der Waals surface area contributed by atoms with Crippen LogP contribution < -0.4 is 11.1 Å². The molecule has 2 rings (SSSR count). The summed E-state index contributed by atoms with van der Waals surface area (Å²) < 4.78 is 12.9. The van der Waals surface area contributed by atoms with E-state index in [9.17, 15) is 9.18 Å². The summed E-state index contributed by atoms with van der Waals surface area (Å²) in [6.07, 6.45) is 0. The maximum atomic E-state index is 12.9. The lowest BCUT2D eigenvalue weighted by molar-refractivity contribution is -0.118. The number of hydrogen-bond donors (Lipinski definition) is 2. The maximum Gasteiger partial charge on any atom is 0.339 e. The van der Waals surface area contributed by atoms with Crippen LogP contribution in [0, 0.1) is 0 Å². The third-order valence-corrected chi connectivity index (χ3v) is 1.27.